The lowest BCUT2D eigenvalue weighted by atomic mass is 10.1. The van der Waals surface area contributed by atoms with Gasteiger partial charge in [-0.15, -0.1) is 0 Å². The van der Waals surface area contributed by atoms with Crippen LogP contribution in [-0.2, 0) is 0 Å². The van der Waals surface area contributed by atoms with E-state index in [0.717, 1.165) is 25.3 Å². The number of nitrogens with one attached hydrogen (secondary N) is 1. The van der Waals surface area contributed by atoms with Gasteiger partial charge in [-0.2, -0.15) is 0 Å². The molecule has 0 radical (unpaired) electrons. The van der Waals surface area contributed by atoms with Crippen molar-refractivity contribution in [1.82, 2.24) is 10.3 Å². The van der Waals surface area contributed by atoms with Gasteiger partial charge in [0.25, 0.3) is 0 Å². The van der Waals surface area contributed by atoms with Crippen molar-refractivity contribution in [3.05, 3.63) is 23.9 Å². The van der Waals surface area contributed by atoms with Crippen LogP contribution in [0.25, 0.3) is 0 Å². The number of likely N-dealkylation sites (N-methyl/N-ethyl adjacent to an activating group) is 1. The maximum Gasteiger partial charge on any atom is 0.128 e. The van der Waals surface area contributed by atoms with Gasteiger partial charge < -0.3 is 15.3 Å². The monoisotopic (exact) mass is 251 g/mol. The van der Waals surface area contributed by atoms with Gasteiger partial charge in [0.15, 0.2) is 0 Å². The van der Waals surface area contributed by atoms with Crippen LogP contribution in [-0.4, -0.2) is 36.3 Å². The molecule has 18 heavy (non-hydrogen) atoms. The summed E-state index contributed by atoms with van der Waals surface area (Å²) < 4.78 is 0. The molecule has 0 aliphatic heterocycles. The van der Waals surface area contributed by atoms with Crippen LogP contribution in [0.3, 0.4) is 0 Å². The number of aliphatic hydroxyl groups is 1. The zero-order chi connectivity index (χ0) is 13.4. The van der Waals surface area contributed by atoms with Gasteiger partial charge in [0.1, 0.15) is 5.82 Å². The lowest BCUT2D eigenvalue weighted by molar-refractivity contribution is 0.302. The summed E-state index contributed by atoms with van der Waals surface area (Å²) in [5, 5.41) is 12.4. The summed E-state index contributed by atoms with van der Waals surface area (Å²) in [4.78, 5) is 6.54. The molecule has 0 aliphatic rings. The van der Waals surface area contributed by atoms with Crippen molar-refractivity contribution in [3.8, 4) is 0 Å². The Bertz CT molecular complexity index is 326. The number of rotatable bonds is 8. The lowest BCUT2D eigenvalue weighted by Gasteiger charge is -2.21. The molecule has 0 aromatic carbocycles. The lowest BCUT2D eigenvalue weighted by Crippen LogP contribution is -2.27. The molecule has 0 amide bonds. The molecule has 0 bridgehead atoms. The predicted molar refractivity (Wildman–Crippen MR) is 75.9 cm³/mol. The van der Waals surface area contributed by atoms with Gasteiger partial charge in [-0.1, -0.05) is 13.0 Å². The number of aliphatic hydroxyl groups excluding tert-OH is 1. The van der Waals surface area contributed by atoms with Crippen LogP contribution in [0.1, 0.15) is 38.8 Å². The highest BCUT2D eigenvalue weighted by atomic mass is 16.3. The van der Waals surface area contributed by atoms with Crippen LogP contribution in [0.5, 0.6) is 0 Å². The van der Waals surface area contributed by atoms with E-state index in [0.29, 0.717) is 12.6 Å². The van der Waals surface area contributed by atoms with Gasteiger partial charge >= 0.3 is 0 Å². The summed E-state index contributed by atoms with van der Waals surface area (Å²) in [6, 6.07) is 4.47. The van der Waals surface area contributed by atoms with Crippen LogP contribution in [0.2, 0.25) is 0 Å². The second-order valence-corrected chi connectivity index (χ2v) is 4.43. The maximum atomic E-state index is 8.99. The summed E-state index contributed by atoms with van der Waals surface area (Å²) >= 11 is 0. The zero-order valence-corrected chi connectivity index (χ0v) is 11.7. The van der Waals surface area contributed by atoms with Gasteiger partial charge in [0.2, 0.25) is 0 Å². The Hall–Kier alpha value is -1.13. The minimum absolute atomic E-state index is 0.158. The van der Waals surface area contributed by atoms with Gasteiger partial charge in [0.05, 0.1) is 6.61 Å². The van der Waals surface area contributed by atoms with Gasteiger partial charge in [0, 0.05) is 25.3 Å². The van der Waals surface area contributed by atoms with Crippen molar-refractivity contribution in [1.29, 1.82) is 0 Å². The molecule has 0 aliphatic carbocycles. The molecule has 4 nitrogen and oxygen atoms in total. The third-order valence-corrected chi connectivity index (χ3v) is 3.05. The number of hydrogen-bond acceptors (Lipinski definition) is 4. The first-order valence-corrected chi connectivity index (χ1v) is 6.78. The van der Waals surface area contributed by atoms with E-state index in [9.17, 15) is 0 Å². The summed E-state index contributed by atoms with van der Waals surface area (Å²) in [5.74, 6) is 0.929. The SMILES string of the molecule is CCCNC(C)c1ccc(N(CC)CCO)nc1. The van der Waals surface area contributed by atoms with E-state index < -0.39 is 0 Å². The van der Waals surface area contributed by atoms with Crippen molar-refractivity contribution in [2.75, 3.05) is 31.1 Å². The fourth-order valence-corrected chi connectivity index (χ4v) is 1.87. The molecule has 1 aromatic rings. The van der Waals surface area contributed by atoms with Crippen molar-refractivity contribution in [2.45, 2.75) is 33.2 Å². The molecule has 1 rings (SSSR count). The maximum absolute atomic E-state index is 8.99. The molecule has 1 atom stereocenters. The Morgan fingerprint density at radius 3 is 2.67 bits per heavy atom. The molecule has 1 heterocycles. The zero-order valence-electron chi connectivity index (χ0n) is 11.7. The fraction of sp³-hybridized carbons (Fsp3) is 0.643. The molecule has 0 saturated carbocycles. The average molecular weight is 251 g/mol. The number of anilines is 1. The number of pyridine rings is 1. The van der Waals surface area contributed by atoms with Crippen molar-refractivity contribution < 1.29 is 5.11 Å². The highest BCUT2D eigenvalue weighted by Gasteiger charge is 2.07. The van der Waals surface area contributed by atoms with E-state index >= 15 is 0 Å². The van der Waals surface area contributed by atoms with Gasteiger partial charge in [-0.3, -0.25) is 0 Å². The van der Waals surface area contributed by atoms with Crippen LogP contribution < -0.4 is 10.2 Å². The molecular formula is C14H25N3O. The van der Waals surface area contributed by atoms with Crippen molar-refractivity contribution in [3.63, 3.8) is 0 Å². The molecule has 1 aromatic heterocycles. The topological polar surface area (TPSA) is 48.4 Å². The summed E-state index contributed by atoms with van der Waals surface area (Å²) in [6.45, 7) is 9.05. The number of aromatic nitrogens is 1. The van der Waals surface area contributed by atoms with Crippen molar-refractivity contribution >= 4 is 5.82 Å². The first-order valence-electron chi connectivity index (χ1n) is 6.78. The molecule has 0 saturated heterocycles. The van der Waals surface area contributed by atoms with E-state index in [-0.39, 0.29) is 6.61 Å². The molecule has 2 N–H and O–H groups in total. The largest absolute Gasteiger partial charge is 0.395 e. The van der Waals surface area contributed by atoms with E-state index in [1.165, 1.54) is 5.56 Å². The summed E-state index contributed by atoms with van der Waals surface area (Å²) in [6.07, 6.45) is 3.05. The Morgan fingerprint density at radius 2 is 2.17 bits per heavy atom. The third-order valence-electron chi connectivity index (χ3n) is 3.05. The Kier molecular flexibility index (Phi) is 6.68. The van der Waals surface area contributed by atoms with E-state index in [1.54, 1.807) is 0 Å². The molecule has 1 unspecified atom stereocenters. The molecular weight excluding hydrogens is 226 g/mol. The summed E-state index contributed by atoms with van der Waals surface area (Å²) in [7, 11) is 0. The van der Waals surface area contributed by atoms with E-state index in [1.807, 2.05) is 12.3 Å². The Morgan fingerprint density at radius 1 is 1.39 bits per heavy atom. The quantitative estimate of drug-likeness (QED) is 0.741. The normalized spacial score (nSPS) is 12.4. The third kappa shape index (κ3) is 4.27. The first kappa shape index (κ1) is 14.9. The molecule has 0 spiro atoms. The molecule has 4 heteroatoms. The second kappa shape index (κ2) is 8.06. The van der Waals surface area contributed by atoms with Gasteiger partial charge in [-0.25, -0.2) is 4.98 Å². The van der Waals surface area contributed by atoms with Crippen LogP contribution in [0.4, 0.5) is 5.82 Å². The van der Waals surface area contributed by atoms with Crippen LogP contribution >= 0.6 is 0 Å². The van der Waals surface area contributed by atoms with E-state index in [2.05, 4.69) is 42.0 Å². The van der Waals surface area contributed by atoms with Crippen LogP contribution in [0.15, 0.2) is 18.3 Å². The smallest absolute Gasteiger partial charge is 0.128 e. The Balaban J connectivity index is 2.66. The summed E-state index contributed by atoms with van der Waals surface area (Å²) in [5.41, 5.74) is 1.20. The predicted octanol–water partition coefficient (Wildman–Crippen LogP) is 1.96. The highest BCUT2D eigenvalue weighted by Crippen LogP contribution is 2.15. The number of hydrogen-bond donors (Lipinski definition) is 2. The highest BCUT2D eigenvalue weighted by molar-refractivity contribution is 5.39. The van der Waals surface area contributed by atoms with E-state index in [4.69, 9.17) is 5.11 Å². The van der Waals surface area contributed by atoms with Crippen molar-refractivity contribution in [2.24, 2.45) is 0 Å². The molecule has 102 valence electrons. The first-order chi connectivity index (χ1) is 8.72. The fourth-order valence-electron chi connectivity index (χ4n) is 1.87. The standard InChI is InChI=1S/C14H25N3O/c1-4-8-15-12(3)13-6-7-14(16-11-13)17(5-2)9-10-18/h6-7,11-12,15,18H,4-5,8-10H2,1-3H3. The minimum Gasteiger partial charge on any atom is -0.395 e. The number of nitrogens with zero attached hydrogens (tertiary/aromatic N) is 2. The van der Waals surface area contributed by atoms with Gasteiger partial charge in [-0.05, 0) is 38.4 Å². The average Bonchev–Trinajstić information content (AvgIpc) is 2.42. The van der Waals surface area contributed by atoms with Crippen LogP contribution in [0, 0.1) is 0 Å². The second-order valence-electron chi connectivity index (χ2n) is 4.43. The minimum atomic E-state index is 0.158. The Labute approximate surface area is 110 Å². The molecule has 0 fully saturated rings.